The lowest BCUT2D eigenvalue weighted by Crippen LogP contribution is -2.42. The van der Waals surface area contributed by atoms with Crippen molar-refractivity contribution in [2.75, 3.05) is 29.6 Å². The fourth-order valence-electron chi connectivity index (χ4n) is 2.65. The maximum absolute atomic E-state index is 13.5. The highest BCUT2D eigenvalue weighted by Gasteiger charge is 2.36. The van der Waals surface area contributed by atoms with Crippen LogP contribution in [-0.4, -0.2) is 57.4 Å². The summed E-state index contributed by atoms with van der Waals surface area (Å²) in [5.74, 6) is -3.09. The Morgan fingerprint density at radius 3 is 2.40 bits per heavy atom. The van der Waals surface area contributed by atoms with Crippen LogP contribution in [0.4, 0.5) is 14.5 Å². The van der Waals surface area contributed by atoms with E-state index in [1.165, 1.54) is 0 Å². The standard InChI is InChI=1S/C14H18F2N2O5S2/c1-24(20,21)18(10-6-8-25(22,23)9-10)7-5-13(19)17-14-11(15)3-2-4-12(14)16/h2-4,10H,5-9H2,1H3,(H,17,19). The molecule has 0 bridgehead atoms. The van der Waals surface area contributed by atoms with E-state index in [-0.39, 0.29) is 30.9 Å². The third-order valence-corrected chi connectivity index (χ3v) is 6.91. The van der Waals surface area contributed by atoms with Crippen molar-refractivity contribution in [3.8, 4) is 0 Å². The third kappa shape index (κ3) is 5.19. The Hall–Kier alpha value is -1.59. The molecular formula is C14H18F2N2O5S2. The Morgan fingerprint density at radius 1 is 1.32 bits per heavy atom. The first-order valence-electron chi connectivity index (χ1n) is 7.41. The van der Waals surface area contributed by atoms with Crippen LogP contribution in [0.5, 0.6) is 0 Å². The first-order chi connectivity index (χ1) is 11.5. The zero-order chi connectivity index (χ0) is 18.8. The highest BCUT2D eigenvalue weighted by molar-refractivity contribution is 7.92. The number of hydrogen-bond donors (Lipinski definition) is 1. The van der Waals surface area contributed by atoms with Gasteiger partial charge in [-0.15, -0.1) is 0 Å². The summed E-state index contributed by atoms with van der Waals surface area (Å²) in [6, 6.07) is 2.36. The topological polar surface area (TPSA) is 101 Å². The van der Waals surface area contributed by atoms with Crippen LogP contribution < -0.4 is 5.32 Å². The lowest BCUT2D eigenvalue weighted by atomic mass is 10.2. The number of carbonyl (C=O) groups excluding carboxylic acids is 1. The SMILES string of the molecule is CS(=O)(=O)N(CCC(=O)Nc1c(F)cccc1F)C1CCS(=O)(=O)C1. The van der Waals surface area contributed by atoms with Crippen LogP contribution in [0, 0.1) is 11.6 Å². The van der Waals surface area contributed by atoms with Crippen LogP contribution in [0.1, 0.15) is 12.8 Å². The van der Waals surface area contributed by atoms with Gasteiger partial charge in [-0.05, 0) is 18.6 Å². The van der Waals surface area contributed by atoms with Crippen molar-refractivity contribution in [1.82, 2.24) is 4.31 Å². The molecule has 1 aliphatic rings. The van der Waals surface area contributed by atoms with E-state index in [1.54, 1.807) is 0 Å². The normalized spacial score (nSPS) is 19.9. The second-order valence-corrected chi connectivity index (χ2v) is 9.99. The number of hydrogen-bond acceptors (Lipinski definition) is 5. The minimum absolute atomic E-state index is 0.115. The second kappa shape index (κ2) is 7.34. The molecule has 1 aliphatic heterocycles. The highest BCUT2D eigenvalue weighted by Crippen LogP contribution is 2.21. The van der Waals surface area contributed by atoms with Gasteiger partial charge in [0.05, 0.1) is 17.8 Å². The van der Waals surface area contributed by atoms with Crippen molar-refractivity contribution in [3.63, 3.8) is 0 Å². The maximum Gasteiger partial charge on any atom is 0.225 e. The van der Waals surface area contributed by atoms with Crippen LogP contribution in [0.2, 0.25) is 0 Å². The number of benzene rings is 1. The number of nitrogens with zero attached hydrogens (tertiary/aromatic N) is 1. The number of nitrogens with one attached hydrogen (secondary N) is 1. The van der Waals surface area contributed by atoms with Crippen molar-refractivity contribution >= 4 is 31.5 Å². The number of halogens is 2. The summed E-state index contributed by atoms with van der Waals surface area (Å²) in [5, 5.41) is 2.06. The Balaban J connectivity index is 2.05. The van der Waals surface area contributed by atoms with E-state index in [0.717, 1.165) is 28.8 Å². The molecule has 0 aliphatic carbocycles. The number of rotatable bonds is 6. The van der Waals surface area contributed by atoms with E-state index >= 15 is 0 Å². The van der Waals surface area contributed by atoms with E-state index in [9.17, 15) is 30.4 Å². The predicted molar refractivity (Wildman–Crippen MR) is 88.2 cm³/mol. The summed E-state index contributed by atoms with van der Waals surface area (Å²) in [6.07, 6.45) is 0.711. The molecule has 25 heavy (non-hydrogen) atoms. The van der Waals surface area contributed by atoms with Gasteiger partial charge in [-0.3, -0.25) is 4.79 Å². The minimum atomic E-state index is -3.74. The Bertz CT molecular complexity index is 851. The first kappa shape index (κ1) is 19.7. The quantitative estimate of drug-likeness (QED) is 0.765. The van der Waals surface area contributed by atoms with Gasteiger partial charge in [0.1, 0.15) is 17.3 Å². The fourth-order valence-corrected chi connectivity index (χ4v) is 5.62. The van der Waals surface area contributed by atoms with E-state index < -0.39 is 49.1 Å². The van der Waals surface area contributed by atoms with Gasteiger partial charge in [0.2, 0.25) is 15.9 Å². The molecule has 1 aromatic carbocycles. The van der Waals surface area contributed by atoms with Crippen molar-refractivity contribution in [2.24, 2.45) is 0 Å². The molecule has 0 radical (unpaired) electrons. The number of para-hydroxylation sites is 1. The average Bonchev–Trinajstić information content (AvgIpc) is 2.82. The van der Waals surface area contributed by atoms with Gasteiger partial charge < -0.3 is 5.32 Å². The number of sulfone groups is 1. The molecule has 1 unspecified atom stereocenters. The Kier molecular flexibility index (Phi) is 5.79. The molecule has 1 N–H and O–H groups in total. The molecule has 1 fully saturated rings. The molecule has 0 aromatic heterocycles. The van der Waals surface area contributed by atoms with E-state index in [0.29, 0.717) is 0 Å². The molecule has 1 atom stereocenters. The summed E-state index contributed by atoms with van der Waals surface area (Å²) >= 11 is 0. The molecule has 0 saturated carbocycles. The van der Waals surface area contributed by atoms with E-state index in [2.05, 4.69) is 5.32 Å². The summed E-state index contributed by atoms with van der Waals surface area (Å²) < 4.78 is 74.8. The molecule has 1 amide bonds. The van der Waals surface area contributed by atoms with Gasteiger partial charge in [-0.2, -0.15) is 4.31 Å². The molecule has 140 valence electrons. The molecule has 1 aromatic rings. The zero-order valence-corrected chi connectivity index (χ0v) is 15.0. The number of carbonyl (C=O) groups is 1. The summed E-state index contributed by atoms with van der Waals surface area (Å²) in [7, 11) is -7.05. The van der Waals surface area contributed by atoms with Crippen molar-refractivity contribution in [3.05, 3.63) is 29.8 Å². The van der Waals surface area contributed by atoms with E-state index in [4.69, 9.17) is 0 Å². The predicted octanol–water partition coefficient (Wildman–Crippen LogP) is 0.742. The smallest absolute Gasteiger partial charge is 0.225 e. The monoisotopic (exact) mass is 396 g/mol. The van der Waals surface area contributed by atoms with Gasteiger partial charge in [0, 0.05) is 19.0 Å². The first-order valence-corrected chi connectivity index (χ1v) is 11.1. The van der Waals surface area contributed by atoms with Gasteiger partial charge in [-0.1, -0.05) is 6.07 Å². The zero-order valence-electron chi connectivity index (χ0n) is 13.4. The van der Waals surface area contributed by atoms with Gasteiger partial charge in [-0.25, -0.2) is 25.6 Å². The Labute approximate surface area is 145 Å². The molecule has 1 saturated heterocycles. The molecule has 1 heterocycles. The number of amides is 1. The van der Waals surface area contributed by atoms with Gasteiger partial charge >= 0.3 is 0 Å². The minimum Gasteiger partial charge on any atom is -0.321 e. The van der Waals surface area contributed by atoms with Crippen molar-refractivity contribution < 1.29 is 30.4 Å². The lowest BCUT2D eigenvalue weighted by molar-refractivity contribution is -0.116. The second-order valence-electron chi connectivity index (χ2n) is 5.83. The van der Waals surface area contributed by atoms with Crippen LogP contribution in [-0.2, 0) is 24.7 Å². The number of anilines is 1. The molecule has 2 rings (SSSR count). The molecular weight excluding hydrogens is 378 g/mol. The van der Waals surface area contributed by atoms with Crippen LogP contribution in [0.15, 0.2) is 18.2 Å². The molecule has 0 spiro atoms. The lowest BCUT2D eigenvalue weighted by Gasteiger charge is -2.25. The van der Waals surface area contributed by atoms with E-state index in [1.807, 2.05) is 0 Å². The molecule has 7 nitrogen and oxygen atoms in total. The molecule has 11 heteroatoms. The largest absolute Gasteiger partial charge is 0.321 e. The summed E-state index contributed by atoms with van der Waals surface area (Å²) in [6.45, 7) is -0.277. The third-order valence-electron chi connectivity index (χ3n) is 3.83. The summed E-state index contributed by atoms with van der Waals surface area (Å²) in [5.41, 5.74) is -0.609. The maximum atomic E-state index is 13.5. The highest BCUT2D eigenvalue weighted by atomic mass is 32.2. The van der Waals surface area contributed by atoms with Gasteiger partial charge in [0.25, 0.3) is 0 Å². The van der Waals surface area contributed by atoms with Crippen molar-refractivity contribution in [1.29, 1.82) is 0 Å². The fraction of sp³-hybridized carbons (Fsp3) is 0.500. The van der Waals surface area contributed by atoms with Crippen LogP contribution >= 0.6 is 0 Å². The van der Waals surface area contributed by atoms with Crippen LogP contribution in [0.3, 0.4) is 0 Å². The summed E-state index contributed by atoms with van der Waals surface area (Å²) in [4.78, 5) is 11.9. The Morgan fingerprint density at radius 2 is 1.92 bits per heavy atom. The average molecular weight is 396 g/mol. The van der Waals surface area contributed by atoms with Crippen LogP contribution in [0.25, 0.3) is 0 Å². The van der Waals surface area contributed by atoms with Crippen molar-refractivity contribution in [2.45, 2.75) is 18.9 Å². The number of sulfonamides is 1. The van der Waals surface area contributed by atoms with Gasteiger partial charge in [0.15, 0.2) is 9.84 Å².